The van der Waals surface area contributed by atoms with E-state index in [1.54, 1.807) is 13.0 Å². The van der Waals surface area contributed by atoms with Gasteiger partial charge in [-0.05, 0) is 19.1 Å². The second kappa shape index (κ2) is 6.42. The fraction of sp³-hybridized carbons (Fsp3) is 0.455. The van der Waals surface area contributed by atoms with Crippen molar-refractivity contribution < 1.29 is 32.3 Å². The van der Waals surface area contributed by atoms with E-state index in [9.17, 15) is 27.9 Å². The van der Waals surface area contributed by atoms with Crippen LogP contribution in [0.4, 0.5) is 13.2 Å². The van der Waals surface area contributed by atoms with E-state index in [1.165, 1.54) is 11.4 Å². The van der Waals surface area contributed by atoms with Crippen LogP contribution in [0.25, 0.3) is 0 Å². The molecule has 3 N–H and O–H groups in total. The highest BCUT2D eigenvalue weighted by atomic mass is 19.4. The molecule has 0 spiro atoms. The number of nitrogens with one attached hydrogen (secondary N) is 2. The van der Waals surface area contributed by atoms with E-state index in [2.05, 4.69) is 0 Å². The van der Waals surface area contributed by atoms with Crippen molar-refractivity contribution in [1.82, 2.24) is 10.6 Å². The summed E-state index contributed by atoms with van der Waals surface area (Å²) in [4.78, 5) is 22.2. The molecule has 1 atom stereocenters. The van der Waals surface area contributed by atoms with Crippen LogP contribution in [-0.4, -0.2) is 36.2 Å². The minimum absolute atomic E-state index is 0.179. The summed E-state index contributed by atoms with van der Waals surface area (Å²) in [5.41, 5.74) is 0. The maximum Gasteiger partial charge on any atom is 0.405 e. The number of aliphatic hydroxyl groups excluding tert-OH is 1. The summed E-state index contributed by atoms with van der Waals surface area (Å²) in [6, 6.07) is 3.08. The molecule has 0 radical (unpaired) electrons. The molecule has 2 amide bonds. The number of aliphatic hydroxyl groups is 1. The average Bonchev–Trinajstić information content (AvgIpc) is 2.78. The van der Waals surface area contributed by atoms with Crippen LogP contribution in [0.1, 0.15) is 17.6 Å². The lowest BCUT2D eigenvalue weighted by Crippen LogP contribution is -2.44. The van der Waals surface area contributed by atoms with Crippen LogP contribution in [0, 0.1) is 6.92 Å². The number of carbonyl (C=O) groups is 2. The minimum atomic E-state index is -4.60. The molecule has 1 rings (SSSR count). The molecule has 0 aliphatic rings. The fourth-order valence-electron chi connectivity index (χ4n) is 1.26. The van der Waals surface area contributed by atoms with Gasteiger partial charge in [-0.1, -0.05) is 0 Å². The van der Waals surface area contributed by atoms with Gasteiger partial charge in [-0.2, -0.15) is 13.2 Å². The number of halogens is 3. The van der Waals surface area contributed by atoms with E-state index < -0.39 is 30.6 Å². The topological polar surface area (TPSA) is 91.6 Å². The summed E-state index contributed by atoms with van der Waals surface area (Å²) in [6.45, 7) is -0.302. The third-order valence-corrected chi connectivity index (χ3v) is 2.20. The normalized spacial score (nSPS) is 12.8. The van der Waals surface area contributed by atoms with Crippen LogP contribution in [0.2, 0.25) is 0 Å². The quantitative estimate of drug-likeness (QED) is 0.702. The van der Waals surface area contributed by atoms with Gasteiger partial charge in [0, 0.05) is 0 Å². The summed E-state index contributed by atoms with van der Waals surface area (Å²) in [6.07, 6.45) is -5.79. The molecule has 0 saturated heterocycles. The molecule has 0 fully saturated rings. The van der Waals surface area contributed by atoms with Crippen LogP contribution in [0.3, 0.4) is 0 Å². The molecule has 6 nitrogen and oxygen atoms in total. The second-order valence-electron chi connectivity index (χ2n) is 3.97. The summed E-state index contributed by atoms with van der Waals surface area (Å²) < 4.78 is 40.5. The highest BCUT2D eigenvalue weighted by molar-refractivity contribution is 6.35. The Labute approximate surface area is 111 Å². The molecule has 9 heteroatoms. The largest absolute Gasteiger partial charge is 0.464 e. The molecule has 1 aromatic heterocycles. The van der Waals surface area contributed by atoms with Crippen molar-refractivity contribution in [2.24, 2.45) is 0 Å². The Morgan fingerprint density at radius 3 is 2.40 bits per heavy atom. The first kappa shape index (κ1) is 16.0. The lowest BCUT2D eigenvalue weighted by molar-refractivity contribution is -0.146. The molecule has 1 aromatic rings. The molecule has 0 unspecified atom stereocenters. The number of alkyl halides is 3. The van der Waals surface area contributed by atoms with Gasteiger partial charge in [-0.25, -0.2) is 0 Å². The monoisotopic (exact) mass is 294 g/mol. The third kappa shape index (κ3) is 5.31. The Balaban J connectivity index is 2.37. The van der Waals surface area contributed by atoms with Gasteiger partial charge in [0.15, 0.2) is 0 Å². The van der Waals surface area contributed by atoms with Gasteiger partial charge in [0.05, 0.1) is 6.54 Å². The zero-order valence-corrected chi connectivity index (χ0v) is 10.5. The standard InChI is InChI=1S/C11H13F3N2O4/c1-6-2-3-8(20-6)7(17)4-15-9(18)10(19)16-5-11(12,13)14/h2-3,7,17H,4-5H2,1H3,(H,15,18)(H,16,19)/t7-/m0/s1. The van der Waals surface area contributed by atoms with Gasteiger partial charge in [0.25, 0.3) is 0 Å². The number of hydrogen-bond acceptors (Lipinski definition) is 4. The van der Waals surface area contributed by atoms with E-state index in [0.29, 0.717) is 5.76 Å². The van der Waals surface area contributed by atoms with Gasteiger partial charge < -0.3 is 20.2 Å². The van der Waals surface area contributed by atoms with Gasteiger partial charge in [0.1, 0.15) is 24.2 Å². The highest BCUT2D eigenvalue weighted by Crippen LogP contribution is 2.15. The van der Waals surface area contributed by atoms with Crippen LogP contribution in [0.15, 0.2) is 16.5 Å². The SMILES string of the molecule is Cc1ccc([C@@H](O)CNC(=O)C(=O)NCC(F)(F)F)o1. The van der Waals surface area contributed by atoms with E-state index >= 15 is 0 Å². The first-order chi connectivity index (χ1) is 9.19. The van der Waals surface area contributed by atoms with Crippen molar-refractivity contribution in [2.45, 2.75) is 19.2 Å². The van der Waals surface area contributed by atoms with Crippen molar-refractivity contribution in [3.8, 4) is 0 Å². The average molecular weight is 294 g/mol. The molecule has 0 bridgehead atoms. The van der Waals surface area contributed by atoms with Crippen molar-refractivity contribution in [2.75, 3.05) is 13.1 Å². The Kier molecular flexibility index (Phi) is 5.14. The number of rotatable bonds is 4. The third-order valence-electron chi connectivity index (χ3n) is 2.20. The van der Waals surface area contributed by atoms with Crippen molar-refractivity contribution >= 4 is 11.8 Å². The van der Waals surface area contributed by atoms with Gasteiger partial charge >= 0.3 is 18.0 Å². The summed E-state index contributed by atoms with van der Waals surface area (Å²) in [5.74, 6) is -1.96. The summed E-state index contributed by atoms with van der Waals surface area (Å²) in [7, 11) is 0. The van der Waals surface area contributed by atoms with Crippen molar-refractivity contribution in [3.63, 3.8) is 0 Å². The van der Waals surface area contributed by atoms with Gasteiger partial charge in [-0.15, -0.1) is 0 Å². The van der Waals surface area contributed by atoms with Crippen LogP contribution < -0.4 is 10.6 Å². The maximum atomic E-state index is 11.8. The lowest BCUT2D eigenvalue weighted by Gasteiger charge is -2.10. The predicted molar refractivity (Wildman–Crippen MR) is 60.5 cm³/mol. The van der Waals surface area contributed by atoms with Crippen molar-refractivity contribution in [3.05, 3.63) is 23.7 Å². The van der Waals surface area contributed by atoms with E-state index in [0.717, 1.165) is 0 Å². The molecule has 1 heterocycles. The van der Waals surface area contributed by atoms with Gasteiger partial charge in [0.2, 0.25) is 0 Å². The van der Waals surface area contributed by atoms with E-state index in [4.69, 9.17) is 4.42 Å². The molecule has 112 valence electrons. The predicted octanol–water partition coefficient (Wildman–Crippen LogP) is 0.416. The van der Waals surface area contributed by atoms with E-state index in [1.807, 2.05) is 5.32 Å². The molecular formula is C11H13F3N2O4. The molecule has 0 saturated carbocycles. The lowest BCUT2D eigenvalue weighted by atomic mass is 10.2. The van der Waals surface area contributed by atoms with Crippen LogP contribution >= 0.6 is 0 Å². The number of amides is 2. The fourth-order valence-corrected chi connectivity index (χ4v) is 1.26. The first-order valence-electron chi connectivity index (χ1n) is 5.56. The Bertz CT molecular complexity index is 484. The smallest absolute Gasteiger partial charge is 0.405 e. The zero-order chi connectivity index (χ0) is 15.3. The van der Waals surface area contributed by atoms with Crippen molar-refractivity contribution in [1.29, 1.82) is 0 Å². The number of hydrogen-bond donors (Lipinski definition) is 3. The summed E-state index contributed by atoms with van der Waals surface area (Å²) >= 11 is 0. The highest BCUT2D eigenvalue weighted by Gasteiger charge is 2.29. The molecule has 20 heavy (non-hydrogen) atoms. The van der Waals surface area contributed by atoms with Gasteiger partial charge in [-0.3, -0.25) is 9.59 Å². The molecule has 0 aliphatic carbocycles. The number of furan rings is 1. The minimum Gasteiger partial charge on any atom is -0.464 e. The Morgan fingerprint density at radius 1 is 1.30 bits per heavy atom. The maximum absolute atomic E-state index is 11.8. The molecule has 0 aromatic carbocycles. The Morgan fingerprint density at radius 2 is 1.90 bits per heavy atom. The second-order valence-corrected chi connectivity index (χ2v) is 3.97. The van der Waals surface area contributed by atoms with Crippen LogP contribution in [-0.2, 0) is 9.59 Å². The Hall–Kier alpha value is -2.03. The first-order valence-corrected chi connectivity index (χ1v) is 5.56. The number of carbonyl (C=O) groups excluding carboxylic acids is 2. The molecule has 0 aliphatic heterocycles. The van der Waals surface area contributed by atoms with E-state index in [-0.39, 0.29) is 12.3 Å². The molecular weight excluding hydrogens is 281 g/mol. The van der Waals surface area contributed by atoms with Crippen LogP contribution in [0.5, 0.6) is 0 Å². The number of aryl methyl sites for hydroxylation is 1. The zero-order valence-electron chi connectivity index (χ0n) is 10.5. The summed E-state index contributed by atoms with van der Waals surface area (Å²) in [5, 5.41) is 13.0.